The highest BCUT2D eigenvalue weighted by Crippen LogP contribution is 2.16. The molecule has 0 bridgehead atoms. The number of nitrogens with one attached hydrogen (secondary N) is 1. The standard InChI is InChI=1S/C23H23N5O3/c1-15-7-6-10-28-20(15)26-21-18(23(28)30)13-17(19(24)27(21)11-12-31-2)22(29)25-14-16-8-4-3-5-9-16/h3-10,13,24H,11-12,14H2,1-2H3,(H,25,29)/p+1. The summed E-state index contributed by atoms with van der Waals surface area (Å²) in [6.07, 6.45) is 1.67. The van der Waals surface area contributed by atoms with Crippen molar-refractivity contribution < 1.29 is 14.1 Å². The van der Waals surface area contributed by atoms with Crippen molar-refractivity contribution >= 4 is 28.4 Å². The van der Waals surface area contributed by atoms with Crippen LogP contribution in [0, 0.1) is 6.92 Å². The molecule has 4 rings (SSSR count). The number of anilines is 1. The summed E-state index contributed by atoms with van der Waals surface area (Å²) in [6, 6.07) is 14.8. The van der Waals surface area contributed by atoms with Gasteiger partial charge in [-0.3, -0.25) is 14.0 Å². The van der Waals surface area contributed by atoms with Gasteiger partial charge in [0.15, 0.2) is 0 Å². The second-order valence-corrected chi connectivity index (χ2v) is 7.30. The molecular weight excluding hydrogens is 394 g/mol. The molecule has 1 amide bonds. The third kappa shape index (κ3) is 3.85. The number of nitrogens with zero attached hydrogens (tertiary/aromatic N) is 3. The van der Waals surface area contributed by atoms with Gasteiger partial charge in [0, 0.05) is 25.4 Å². The molecule has 8 heteroatoms. The van der Waals surface area contributed by atoms with Gasteiger partial charge in [-0.15, -0.1) is 0 Å². The first-order valence-electron chi connectivity index (χ1n) is 9.96. The molecule has 0 fully saturated rings. The van der Waals surface area contributed by atoms with E-state index in [1.54, 1.807) is 23.9 Å². The Bertz CT molecular complexity index is 1330. The minimum atomic E-state index is -0.358. The van der Waals surface area contributed by atoms with Crippen LogP contribution in [0.25, 0.3) is 16.7 Å². The molecule has 0 unspecified atom stereocenters. The smallest absolute Gasteiger partial charge is 0.278 e. The van der Waals surface area contributed by atoms with E-state index >= 15 is 0 Å². The number of carbonyl (C=O) groups is 1. The van der Waals surface area contributed by atoms with Gasteiger partial charge in [0.2, 0.25) is 11.5 Å². The third-order valence-electron chi connectivity index (χ3n) is 5.23. The second kappa shape index (κ2) is 8.53. The number of nitrogen functional groups attached to an aromatic ring is 1. The summed E-state index contributed by atoms with van der Waals surface area (Å²) in [4.78, 5) is 30.9. The molecule has 0 saturated heterocycles. The van der Waals surface area contributed by atoms with Crippen molar-refractivity contribution in [3.05, 3.63) is 81.8 Å². The van der Waals surface area contributed by atoms with Gasteiger partial charge in [0.05, 0.1) is 13.2 Å². The van der Waals surface area contributed by atoms with Crippen LogP contribution in [0.3, 0.4) is 0 Å². The molecule has 0 aliphatic rings. The van der Waals surface area contributed by atoms with Gasteiger partial charge >= 0.3 is 0 Å². The van der Waals surface area contributed by atoms with Crippen molar-refractivity contribution in [2.24, 2.45) is 0 Å². The minimum Gasteiger partial charge on any atom is -0.381 e. The molecule has 0 radical (unpaired) electrons. The average Bonchev–Trinajstić information content (AvgIpc) is 2.78. The van der Waals surface area contributed by atoms with Gasteiger partial charge in [0.1, 0.15) is 10.9 Å². The maximum absolute atomic E-state index is 13.2. The Morgan fingerprint density at radius 2 is 2.00 bits per heavy atom. The fraction of sp³-hybridized carbons (Fsp3) is 0.217. The fourth-order valence-corrected chi connectivity index (χ4v) is 3.57. The first-order chi connectivity index (χ1) is 15.0. The van der Waals surface area contributed by atoms with Crippen LogP contribution in [0.4, 0.5) is 5.82 Å². The van der Waals surface area contributed by atoms with Crippen LogP contribution in [-0.4, -0.2) is 29.0 Å². The van der Waals surface area contributed by atoms with Crippen LogP contribution in [-0.2, 0) is 17.8 Å². The molecule has 0 spiro atoms. The molecule has 3 N–H and O–H groups in total. The number of carbonyl (C=O) groups excluding carboxylic acids is 1. The molecule has 3 heterocycles. The lowest BCUT2D eigenvalue weighted by atomic mass is 10.1. The summed E-state index contributed by atoms with van der Waals surface area (Å²) in [5.41, 5.74) is 9.16. The van der Waals surface area contributed by atoms with Crippen LogP contribution in [0.2, 0.25) is 0 Å². The quantitative estimate of drug-likeness (QED) is 0.366. The number of aromatic nitrogens is 3. The number of hydrogen-bond donors (Lipinski definition) is 2. The second-order valence-electron chi connectivity index (χ2n) is 7.30. The number of pyridine rings is 2. The maximum atomic E-state index is 13.2. The van der Waals surface area contributed by atoms with E-state index < -0.39 is 0 Å². The summed E-state index contributed by atoms with van der Waals surface area (Å²) < 4.78 is 8.37. The Balaban J connectivity index is 1.86. The number of amides is 1. The third-order valence-corrected chi connectivity index (χ3v) is 5.23. The van der Waals surface area contributed by atoms with E-state index in [9.17, 15) is 9.59 Å². The van der Waals surface area contributed by atoms with Crippen molar-refractivity contribution in [2.45, 2.75) is 20.0 Å². The minimum absolute atomic E-state index is 0.228. The molecule has 0 aliphatic heterocycles. The number of benzene rings is 1. The lowest BCUT2D eigenvalue weighted by Crippen LogP contribution is -2.44. The summed E-state index contributed by atoms with van der Waals surface area (Å²) in [5.74, 6) is -0.122. The van der Waals surface area contributed by atoms with Gasteiger partial charge in [-0.05, 0) is 24.6 Å². The Hall–Kier alpha value is -3.78. The van der Waals surface area contributed by atoms with Gasteiger partial charge < -0.3 is 15.8 Å². The Morgan fingerprint density at radius 1 is 1.23 bits per heavy atom. The van der Waals surface area contributed by atoms with E-state index in [1.165, 1.54) is 10.5 Å². The highest BCUT2D eigenvalue weighted by molar-refractivity contribution is 6.00. The molecular formula is C23H24N5O3+. The van der Waals surface area contributed by atoms with E-state index in [0.717, 1.165) is 11.1 Å². The number of rotatable bonds is 6. The predicted octanol–water partition coefficient (Wildman–Crippen LogP) is 1.60. The van der Waals surface area contributed by atoms with E-state index in [-0.39, 0.29) is 22.8 Å². The van der Waals surface area contributed by atoms with Gasteiger partial charge in [0.25, 0.3) is 17.1 Å². The zero-order chi connectivity index (χ0) is 22.0. The first-order valence-corrected chi connectivity index (χ1v) is 9.96. The molecule has 158 valence electrons. The summed E-state index contributed by atoms with van der Waals surface area (Å²) in [7, 11) is 1.58. The zero-order valence-electron chi connectivity index (χ0n) is 17.5. The van der Waals surface area contributed by atoms with E-state index in [4.69, 9.17) is 15.5 Å². The lowest BCUT2D eigenvalue weighted by molar-refractivity contribution is -0.660. The first kappa shape index (κ1) is 20.5. The fourth-order valence-electron chi connectivity index (χ4n) is 3.57. The van der Waals surface area contributed by atoms with Crippen molar-refractivity contribution in [2.75, 3.05) is 19.5 Å². The Morgan fingerprint density at radius 3 is 2.74 bits per heavy atom. The molecule has 0 aliphatic carbocycles. The van der Waals surface area contributed by atoms with E-state index in [0.29, 0.717) is 36.4 Å². The van der Waals surface area contributed by atoms with Crippen LogP contribution < -0.4 is 21.2 Å². The maximum Gasteiger partial charge on any atom is 0.278 e. The SMILES string of the molecule is COCC[n+]1c(N)c(C(=O)NCc2ccccc2)cc2c(=O)n3cccc(C)c3nc21. The molecule has 4 aromatic rings. The van der Waals surface area contributed by atoms with E-state index in [1.807, 2.05) is 43.3 Å². The molecule has 0 saturated carbocycles. The lowest BCUT2D eigenvalue weighted by Gasteiger charge is -2.12. The van der Waals surface area contributed by atoms with Crippen molar-refractivity contribution in [3.63, 3.8) is 0 Å². The van der Waals surface area contributed by atoms with Gasteiger partial charge in [-0.25, -0.2) is 4.57 Å². The highest BCUT2D eigenvalue weighted by atomic mass is 16.5. The monoisotopic (exact) mass is 418 g/mol. The van der Waals surface area contributed by atoms with E-state index in [2.05, 4.69) is 5.32 Å². The summed E-state index contributed by atoms with van der Waals surface area (Å²) >= 11 is 0. The van der Waals surface area contributed by atoms with Gasteiger partial charge in [-0.1, -0.05) is 41.4 Å². The highest BCUT2D eigenvalue weighted by Gasteiger charge is 2.24. The number of aryl methyl sites for hydroxylation is 1. The molecule has 8 nitrogen and oxygen atoms in total. The average molecular weight is 418 g/mol. The van der Waals surface area contributed by atoms with Crippen molar-refractivity contribution in [1.29, 1.82) is 0 Å². The van der Waals surface area contributed by atoms with Crippen molar-refractivity contribution in [3.8, 4) is 0 Å². The van der Waals surface area contributed by atoms with Crippen LogP contribution in [0.15, 0.2) is 59.5 Å². The molecule has 31 heavy (non-hydrogen) atoms. The van der Waals surface area contributed by atoms with Crippen molar-refractivity contribution in [1.82, 2.24) is 14.7 Å². The molecule has 1 aromatic carbocycles. The number of fused-ring (bicyclic) bond motifs is 2. The largest absolute Gasteiger partial charge is 0.381 e. The molecule has 3 aromatic heterocycles. The van der Waals surface area contributed by atoms with Crippen LogP contribution in [0.5, 0.6) is 0 Å². The summed E-state index contributed by atoms with van der Waals surface area (Å²) in [5, 5.41) is 3.19. The van der Waals surface area contributed by atoms with Crippen LogP contribution in [0.1, 0.15) is 21.5 Å². The number of ether oxygens (including phenoxy) is 1. The van der Waals surface area contributed by atoms with Crippen LogP contribution >= 0.6 is 0 Å². The Labute approximate surface area is 178 Å². The number of hydrogen-bond acceptors (Lipinski definition) is 5. The summed E-state index contributed by atoms with van der Waals surface area (Å²) in [6.45, 7) is 2.95. The molecule has 0 atom stereocenters. The van der Waals surface area contributed by atoms with Gasteiger partial charge in [-0.2, -0.15) is 0 Å². The topological polar surface area (TPSA) is 103 Å². The zero-order valence-corrected chi connectivity index (χ0v) is 17.5. The number of nitrogens with two attached hydrogens (primary N) is 1. The predicted molar refractivity (Wildman–Crippen MR) is 118 cm³/mol. The normalized spacial score (nSPS) is 11.2. The number of methoxy groups -OCH3 is 1. The Kier molecular flexibility index (Phi) is 5.64.